The van der Waals surface area contributed by atoms with Crippen LogP contribution in [0.2, 0.25) is 0 Å². The molecule has 0 bridgehead atoms. The predicted octanol–water partition coefficient (Wildman–Crippen LogP) is 3.20. The van der Waals surface area contributed by atoms with Crippen LogP contribution in [-0.4, -0.2) is 24.3 Å². The third-order valence-corrected chi connectivity index (χ3v) is 4.04. The van der Waals surface area contributed by atoms with Crippen molar-refractivity contribution in [3.63, 3.8) is 0 Å². The fraction of sp³-hybridized carbons (Fsp3) is 1.00. The van der Waals surface area contributed by atoms with Gasteiger partial charge in [0.25, 0.3) is 0 Å². The molecule has 0 aromatic rings. The fourth-order valence-corrected chi connectivity index (χ4v) is 3.31. The number of aliphatic hydroxyl groups is 1. The van der Waals surface area contributed by atoms with Gasteiger partial charge in [-0.1, -0.05) is 34.6 Å². The highest BCUT2D eigenvalue weighted by molar-refractivity contribution is 4.87. The molecule has 0 saturated heterocycles. The van der Waals surface area contributed by atoms with Crippen molar-refractivity contribution in [1.82, 2.24) is 5.32 Å². The van der Waals surface area contributed by atoms with Crippen LogP contribution in [-0.2, 0) is 0 Å². The molecule has 1 aliphatic rings. The molecule has 0 amide bonds. The van der Waals surface area contributed by atoms with E-state index in [1.807, 2.05) is 0 Å². The molecule has 0 aliphatic heterocycles. The summed E-state index contributed by atoms with van der Waals surface area (Å²) in [4.78, 5) is 0. The van der Waals surface area contributed by atoms with Crippen LogP contribution in [0.1, 0.15) is 60.3 Å². The second-order valence-electron chi connectivity index (χ2n) is 7.63. The summed E-state index contributed by atoms with van der Waals surface area (Å²) in [5, 5.41) is 12.8. The third kappa shape index (κ3) is 5.39. The van der Waals surface area contributed by atoms with Gasteiger partial charge in [0, 0.05) is 19.2 Å². The van der Waals surface area contributed by atoms with Gasteiger partial charge in [-0.05, 0) is 42.4 Å². The first kappa shape index (κ1) is 15.0. The van der Waals surface area contributed by atoms with Gasteiger partial charge in [-0.15, -0.1) is 0 Å². The van der Waals surface area contributed by atoms with E-state index in [4.69, 9.17) is 5.11 Å². The van der Waals surface area contributed by atoms with Gasteiger partial charge in [0.2, 0.25) is 0 Å². The molecule has 2 atom stereocenters. The first-order chi connectivity index (χ1) is 7.74. The van der Waals surface area contributed by atoms with Crippen LogP contribution in [0.15, 0.2) is 0 Å². The van der Waals surface area contributed by atoms with E-state index in [1.165, 1.54) is 19.3 Å². The molecule has 2 N–H and O–H groups in total. The average Bonchev–Trinajstić information content (AvgIpc) is 2.11. The Balaban J connectivity index is 2.41. The summed E-state index contributed by atoms with van der Waals surface area (Å²) < 4.78 is 0. The standard InChI is InChI=1S/C15H31NO/c1-12-8-13(10-15(4,5)9-12)16-11-14(2,3)6-7-17/h12-13,16-17H,6-11H2,1-5H3. The molecule has 0 aromatic heterocycles. The summed E-state index contributed by atoms with van der Waals surface area (Å²) in [6.07, 6.45) is 4.82. The number of nitrogens with one attached hydrogen (secondary N) is 1. The lowest BCUT2D eigenvalue weighted by Gasteiger charge is -2.40. The van der Waals surface area contributed by atoms with E-state index < -0.39 is 0 Å². The summed E-state index contributed by atoms with van der Waals surface area (Å²) in [7, 11) is 0. The van der Waals surface area contributed by atoms with Crippen LogP contribution < -0.4 is 5.32 Å². The van der Waals surface area contributed by atoms with E-state index in [-0.39, 0.29) is 5.41 Å². The summed E-state index contributed by atoms with van der Waals surface area (Å²) in [5.74, 6) is 0.831. The van der Waals surface area contributed by atoms with Gasteiger partial charge < -0.3 is 10.4 Å². The van der Waals surface area contributed by atoms with Crippen molar-refractivity contribution in [3.8, 4) is 0 Å². The van der Waals surface area contributed by atoms with Crippen LogP contribution in [0.3, 0.4) is 0 Å². The van der Waals surface area contributed by atoms with Crippen molar-refractivity contribution in [2.75, 3.05) is 13.2 Å². The maximum Gasteiger partial charge on any atom is 0.0436 e. The molecule has 1 saturated carbocycles. The Labute approximate surface area is 107 Å². The molecule has 1 fully saturated rings. The SMILES string of the molecule is CC1CC(NCC(C)(C)CCO)CC(C)(C)C1. The number of hydrogen-bond donors (Lipinski definition) is 2. The monoisotopic (exact) mass is 241 g/mol. The first-order valence-electron chi connectivity index (χ1n) is 7.08. The van der Waals surface area contributed by atoms with E-state index in [2.05, 4.69) is 39.9 Å². The maximum absolute atomic E-state index is 9.04. The third-order valence-electron chi connectivity index (χ3n) is 4.04. The molecule has 102 valence electrons. The smallest absolute Gasteiger partial charge is 0.0436 e. The van der Waals surface area contributed by atoms with Gasteiger partial charge in [0.05, 0.1) is 0 Å². The Hall–Kier alpha value is -0.0800. The largest absolute Gasteiger partial charge is 0.396 e. The molecule has 0 spiro atoms. The first-order valence-corrected chi connectivity index (χ1v) is 7.08. The molecule has 2 heteroatoms. The lowest BCUT2D eigenvalue weighted by atomic mass is 9.70. The Bertz CT molecular complexity index is 235. The van der Waals surface area contributed by atoms with Crippen molar-refractivity contribution in [2.24, 2.45) is 16.7 Å². The normalized spacial score (nSPS) is 29.3. The lowest BCUT2D eigenvalue weighted by molar-refractivity contribution is 0.136. The molecule has 2 unspecified atom stereocenters. The van der Waals surface area contributed by atoms with Crippen LogP contribution >= 0.6 is 0 Å². The van der Waals surface area contributed by atoms with Gasteiger partial charge in [-0.25, -0.2) is 0 Å². The number of aliphatic hydroxyl groups excluding tert-OH is 1. The van der Waals surface area contributed by atoms with Gasteiger partial charge in [0.15, 0.2) is 0 Å². The van der Waals surface area contributed by atoms with Gasteiger partial charge in [0.1, 0.15) is 0 Å². The Kier molecular flexibility index (Phi) is 5.03. The fourth-order valence-electron chi connectivity index (χ4n) is 3.31. The Morgan fingerprint density at radius 3 is 2.47 bits per heavy atom. The zero-order valence-electron chi connectivity index (χ0n) is 12.3. The molecule has 1 aliphatic carbocycles. The molecule has 0 heterocycles. The Morgan fingerprint density at radius 2 is 1.94 bits per heavy atom. The summed E-state index contributed by atoms with van der Waals surface area (Å²) >= 11 is 0. The van der Waals surface area contributed by atoms with Crippen molar-refractivity contribution in [1.29, 1.82) is 0 Å². The van der Waals surface area contributed by atoms with Crippen molar-refractivity contribution in [3.05, 3.63) is 0 Å². The quantitative estimate of drug-likeness (QED) is 0.775. The van der Waals surface area contributed by atoms with Crippen LogP contribution in [0.5, 0.6) is 0 Å². The van der Waals surface area contributed by atoms with Gasteiger partial charge in [-0.2, -0.15) is 0 Å². The molecular formula is C15H31NO. The van der Waals surface area contributed by atoms with Crippen LogP contribution in [0, 0.1) is 16.7 Å². The molecular weight excluding hydrogens is 210 g/mol. The van der Waals surface area contributed by atoms with E-state index in [0.29, 0.717) is 18.1 Å². The highest BCUT2D eigenvalue weighted by Gasteiger charge is 2.32. The van der Waals surface area contributed by atoms with Crippen LogP contribution in [0.4, 0.5) is 0 Å². The summed E-state index contributed by atoms with van der Waals surface area (Å²) in [6, 6.07) is 0.659. The van der Waals surface area contributed by atoms with Crippen molar-refractivity contribution in [2.45, 2.75) is 66.3 Å². The second kappa shape index (κ2) is 5.71. The summed E-state index contributed by atoms with van der Waals surface area (Å²) in [5.41, 5.74) is 0.691. The molecule has 1 rings (SSSR count). The predicted molar refractivity (Wildman–Crippen MR) is 74.1 cm³/mol. The minimum atomic E-state index is 0.208. The topological polar surface area (TPSA) is 32.3 Å². The minimum absolute atomic E-state index is 0.208. The van der Waals surface area contributed by atoms with Crippen LogP contribution in [0.25, 0.3) is 0 Å². The number of rotatable bonds is 5. The minimum Gasteiger partial charge on any atom is -0.396 e. The Morgan fingerprint density at radius 1 is 1.29 bits per heavy atom. The van der Waals surface area contributed by atoms with E-state index in [1.54, 1.807) is 0 Å². The molecule has 0 radical (unpaired) electrons. The highest BCUT2D eigenvalue weighted by Crippen LogP contribution is 2.38. The van der Waals surface area contributed by atoms with Gasteiger partial charge >= 0.3 is 0 Å². The molecule has 0 aromatic carbocycles. The molecule has 2 nitrogen and oxygen atoms in total. The average molecular weight is 241 g/mol. The second-order valence-corrected chi connectivity index (χ2v) is 7.63. The highest BCUT2D eigenvalue weighted by atomic mass is 16.3. The molecule has 17 heavy (non-hydrogen) atoms. The van der Waals surface area contributed by atoms with E-state index >= 15 is 0 Å². The lowest BCUT2D eigenvalue weighted by Crippen LogP contribution is -2.43. The summed E-state index contributed by atoms with van der Waals surface area (Å²) in [6.45, 7) is 12.9. The van der Waals surface area contributed by atoms with Crippen molar-refractivity contribution < 1.29 is 5.11 Å². The zero-order valence-corrected chi connectivity index (χ0v) is 12.3. The van der Waals surface area contributed by atoms with Gasteiger partial charge in [-0.3, -0.25) is 0 Å². The van der Waals surface area contributed by atoms with E-state index in [0.717, 1.165) is 18.9 Å². The van der Waals surface area contributed by atoms with E-state index in [9.17, 15) is 0 Å². The maximum atomic E-state index is 9.04. The van der Waals surface area contributed by atoms with Crippen molar-refractivity contribution >= 4 is 0 Å². The number of hydrogen-bond acceptors (Lipinski definition) is 2. The zero-order chi connectivity index (χ0) is 13.1.